The van der Waals surface area contributed by atoms with Gasteiger partial charge < -0.3 is 5.73 Å². The van der Waals surface area contributed by atoms with Crippen molar-refractivity contribution in [3.63, 3.8) is 0 Å². The number of hydrogen-bond acceptors (Lipinski definition) is 2. The highest BCUT2D eigenvalue weighted by molar-refractivity contribution is 5.19. The van der Waals surface area contributed by atoms with Crippen LogP contribution in [0.1, 0.15) is 29.9 Å². The van der Waals surface area contributed by atoms with E-state index in [2.05, 4.69) is 11.1 Å². The van der Waals surface area contributed by atoms with Crippen molar-refractivity contribution >= 4 is 0 Å². The van der Waals surface area contributed by atoms with Crippen molar-refractivity contribution in [2.45, 2.75) is 25.2 Å². The van der Waals surface area contributed by atoms with Crippen molar-refractivity contribution in [1.82, 2.24) is 4.98 Å². The summed E-state index contributed by atoms with van der Waals surface area (Å²) in [6.07, 6.45) is 6.42. The second-order valence-electron chi connectivity index (χ2n) is 4.73. The highest BCUT2D eigenvalue weighted by Gasteiger charge is 2.11. The fourth-order valence-electron chi connectivity index (χ4n) is 2.33. The lowest BCUT2D eigenvalue weighted by Crippen LogP contribution is -2.09. The minimum Gasteiger partial charge on any atom is -0.330 e. The molecule has 0 aliphatic heterocycles. The van der Waals surface area contributed by atoms with Gasteiger partial charge >= 0.3 is 0 Å². The largest absolute Gasteiger partial charge is 0.330 e. The lowest BCUT2D eigenvalue weighted by Gasteiger charge is -2.16. The van der Waals surface area contributed by atoms with Gasteiger partial charge in [0.25, 0.3) is 0 Å². The van der Waals surface area contributed by atoms with E-state index >= 15 is 0 Å². The Labute approximate surface area is 113 Å². The summed E-state index contributed by atoms with van der Waals surface area (Å²) in [4.78, 5) is 4.16. The molecule has 1 aromatic carbocycles. The number of benzene rings is 1. The first-order chi connectivity index (χ1) is 9.29. The van der Waals surface area contributed by atoms with Crippen LogP contribution in [0.3, 0.4) is 0 Å². The average Bonchev–Trinajstić information content (AvgIpc) is 2.44. The quantitative estimate of drug-likeness (QED) is 0.863. The van der Waals surface area contributed by atoms with Crippen LogP contribution in [0.25, 0.3) is 0 Å². The Morgan fingerprint density at radius 2 is 2.05 bits per heavy atom. The lowest BCUT2D eigenvalue weighted by atomic mass is 9.91. The highest BCUT2D eigenvalue weighted by Crippen LogP contribution is 2.24. The molecule has 1 heterocycles. The van der Waals surface area contributed by atoms with Gasteiger partial charge in [-0.05, 0) is 61.1 Å². The summed E-state index contributed by atoms with van der Waals surface area (Å²) in [6.45, 7) is 0.655. The molecule has 0 fully saturated rings. The number of pyridine rings is 1. The van der Waals surface area contributed by atoms with Crippen molar-refractivity contribution in [2.75, 3.05) is 6.54 Å². The fraction of sp³-hybridized carbons (Fsp3) is 0.312. The van der Waals surface area contributed by atoms with E-state index < -0.39 is 0 Å². The van der Waals surface area contributed by atoms with Crippen LogP contribution in [0.5, 0.6) is 0 Å². The summed E-state index contributed by atoms with van der Waals surface area (Å²) in [7, 11) is 0. The SMILES string of the molecule is NCCC(CCc1cccc(F)c1)c1cccnc1. The average molecular weight is 258 g/mol. The second kappa shape index (κ2) is 7.00. The third kappa shape index (κ3) is 4.14. The summed E-state index contributed by atoms with van der Waals surface area (Å²) in [5.41, 5.74) is 7.93. The van der Waals surface area contributed by atoms with E-state index in [1.807, 2.05) is 18.3 Å². The molecular weight excluding hydrogens is 239 g/mol. The third-order valence-electron chi connectivity index (χ3n) is 3.34. The van der Waals surface area contributed by atoms with Crippen LogP contribution in [0, 0.1) is 5.82 Å². The summed E-state index contributed by atoms with van der Waals surface area (Å²) < 4.78 is 13.1. The minimum atomic E-state index is -0.172. The maximum atomic E-state index is 13.1. The number of rotatable bonds is 6. The first-order valence-electron chi connectivity index (χ1n) is 6.64. The monoisotopic (exact) mass is 258 g/mol. The van der Waals surface area contributed by atoms with E-state index in [1.54, 1.807) is 18.3 Å². The van der Waals surface area contributed by atoms with Crippen LogP contribution < -0.4 is 5.73 Å². The molecule has 2 nitrogen and oxygen atoms in total. The number of nitrogens with two attached hydrogens (primary N) is 1. The number of hydrogen-bond donors (Lipinski definition) is 1. The van der Waals surface area contributed by atoms with E-state index in [1.165, 1.54) is 11.6 Å². The summed E-state index contributed by atoms with van der Waals surface area (Å²) in [5.74, 6) is 0.219. The standard InChI is InChI=1S/C16H19FN2/c17-16-5-1-3-13(11-16)6-7-14(8-9-18)15-4-2-10-19-12-15/h1-5,10-12,14H,6-9,18H2. The molecule has 2 aromatic rings. The van der Waals surface area contributed by atoms with Gasteiger partial charge in [0, 0.05) is 12.4 Å². The van der Waals surface area contributed by atoms with Crippen molar-refractivity contribution < 1.29 is 4.39 Å². The molecule has 19 heavy (non-hydrogen) atoms. The van der Waals surface area contributed by atoms with Gasteiger partial charge in [0.05, 0.1) is 0 Å². The molecule has 3 heteroatoms. The molecule has 2 N–H and O–H groups in total. The predicted molar refractivity (Wildman–Crippen MR) is 75.4 cm³/mol. The van der Waals surface area contributed by atoms with Gasteiger partial charge in [-0.25, -0.2) is 4.39 Å². The van der Waals surface area contributed by atoms with Gasteiger partial charge in [-0.3, -0.25) is 4.98 Å². The zero-order valence-corrected chi connectivity index (χ0v) is 10.9. The Morgan fingerprint density at radius 1 is 1.16 bits per heavy atom. The third-order valence-corrected chi connectivity index (χ3v) is 3.34. The van der Waals surface area contributed by atoms with E-state index in [0.717, 1.165) is 24.8 Å². The number of halogens is 1. The first kappa shape index (κ1) is 13.7. The van der Waals surface area contributed by atoms with Gasteiger partial charge in [-0.15, -0.1) is 0 Å². The van der Waals surface area contributed by atoms with E-state index in [0.29, 0.717) is 12.5 Å². The molecule has 1 unspecified atom stereocenters. The Balaban J connectivity index is 2.01. The van der Waals surface area contributed by atoms with Crippen LogP contribution >= 0.6 is 0 Å². The molecule has 0 spiro atoms. The highest BCUT2D eigenvalue weighted by atomic mass is 19.1. The van der Waals surface area contributed by atoms with Crippen LogP contribution in [-0.4, -0.2) is 11.5 Å². The molecule has 0 amide bonds. The summed E-state index contributed by atoms with van der Waals surface area (Å²) >= 11 is 0. The van der Waals surface area contributed by atoms with E-state index in [-0.39, 0.29) is 5.82 Å². The van der Waals surface area contributed by atoms with Crippen LogP contribution in [0.2, 0.25) is 0 Å². The van der Waals surface area contributed by atoms with Crippen molar-refractivity contribution in [3.8, 4) is 0 Å². The number of aryl methyl sites for hydroxylation is 1. The van der Waals surface area contributed by atoms with Gasteiger partial charge in [0.1, 0.15) is 5.82 Å². The Bertz CT molecular complexity index is 499. The molecule has 0 saturated heterocycles. The molecule has 100 valence electrons. The molecular formula is C16H19FN2. The molecule has 0 radical (unpaired) electrons. The van der Waals surface area contributed by atoms with Crippen molar-refractivity contribution in [3.05, 3.63) is 65.7 Å². The second-order valence-corrected chi connectivity index (χ2v) is 4.73. The van der Waals surface area contributed by atoms with Gasteiger partial charge in [-0.2, -0.15) is 0 Å². The zero-order valence-electron chi connectivity index (χ0n) is 10.9. The topological polar surface area (TPSA) is 38.9 Å². The first-order valence-corrected chi connectivity index (χ1v) is 6.64. The van der Waals surface area contributed by atoms with Gasteiger partial charge in [0.15, 0.2) is 0 Å². The molecule has 0 saturated carbocycles. The molecule has 1 atom stereocenters. The Morgan fingerprint density at radius 3 is 2.74 bits per heavy atom. The fourth-order valence-corrected chi connectivity index (χ4v) is 2.33. The smallest absolute Gasteiger partial charge is 0.123 e. The number of aromatic nitrogens is 1. The van der Waals surface area contributed by atoms with Crippen LogP contribution in [-0.2, 0) is 6.42 Å². The summed E-state index contributed by atoms with van der Waals surface area (Å²) in [6, 6.07) is 10.8. The maximum Gasteiger partial charge on any atom is 0.123 e. The maximum absolute atomic E-state index is 13.1. The van der Waals surface area contributed by atoms with Crippen LogP contribution in [0.15, 0.2) is 48.8 Å². The summed E-state index contributed by atoms with van der Waals surface area (Å²) in [5, 5.41) is 0. The molecule has 0 bridgehead atoms. The van der Waals surface area contributed by atoms with Gasteiger partial charge in [-0.1, -0.05) is 18.2 Å². The predicted octanol–water partition coefficient (Wildman–Crippen LogP) is 3.29. The van der Waals surface area contributed by atoms with E-state index in [4.69, 9.17) is 5.73 Å². The van der Waals surface area contributed by atoms with E-state index in [9.17, 15) is 4.39 Å². The minimum absolute atomic E-state index is 0.172. The van der Waals surface area contributed by atoms with Crippen LogP contribution in [0.4, 0.5) is 4.39 Å². The normalized spacial score (nSPS) is 12.3. The Kier molecular flexibility index (Phi) is 5.04. The molecule has 0 aliphatic rings. The Hall–Kier alpha value is -1.74. The molecule has 2 rings (SSSR count). The molecule has 0 aliphatic carbocycles. The lowest BCUT2D eigenvalue weighted by molar-refractivity contribution is 0.578. The number of nitrogens with zero attached hydrogens (tertiary/aromatic N) is 1. The van der Waals surface area contributed by atoms with Crippen molar-refractivity contribution in [1.29, 1.82) is 0 Å². The molecule has 1 aromatic heterocycles. The van der Waals surface area contributed by atoms with Gasteiger partial charge in [0.2, 0.25) is 0 Å². The van der Waals surface area contributed by atoms with Crippen molar-refractivity contribution in [2.24, 2.45) is 5.73 Å². The zero-order chi connectivity index (χ0) is 13.5.